The Labute approximate surface area is 128 Å². The molecule has 116 valence electrons. The first kappa shape index (κ1) is 15.5. The van der Waals surface area contributed by atoms with Crippen LogP contribution in [0.25, 0.3) is 0 Å². The van der Waals surface area contributed by atoms with Gasteiger partial charge < -0.3 is 25.2 Å². The van der Waals surface area contributed by atoms with Crippen LogP contribution in [0, 0.1) is 6.92 Å². The summed E-state index contributed by atoms with van der Waals surface area (Å²) in [4.78, 5) is 12.1. The molecule has 0 aliphatic heterocycles. The number of amides is 2. The van der Waals surface area contributed by atoms with Crippen LogP contribution in [0.3, 0.4) is 0 Å². The first-order chi connectivity index (χ1) is 10.5. The Morgan fingerprint density at radius 2 is 1.64 bits per heavy atom. The van der Waals surface area contributed by atoms with E-state index in [0.29, 0.717) is 22.9 Å². The predicted molar refractivity (Wildman–Crippen MR) is 85.0 cm³/mol. The maximum atomic E-state index is 12.1. The van der Waals surface area contributed by atoms with Crippen molar-refractivity contribution in [3.05, 3.63) is 42.0 Å². The van der Waals surface area contributed by atoms with Gasteiger partial charge in [-0.25, -0.2) is 4.79 Å². The lowest BCUT2D eigenvalue weighted by molar-refractivity contribution is 0.262. The predicted octanol–water partition coefficient (Wildman–Crippen LogP) is 3.36. The fourth-order valence-corrected chi connectivity index (χ4v) is 1.95. The number of carbonyl (C=O) groups is 1. The number of hydrogen-bond acceptors (Lipinski definition) is 4. The SMILES string of the molecule is COc1cc(NC(=O)Nc2ccc(O)cc2C)cc(OC)c1. The molecule has 0 aliphatic rings. The number of nitrogens with one attached hydrogen (secondary N) is 2. The molecule has 2 rings (SSSR count). The second-order valence-electron chi connectivity index (χ2n) is 4.68. The molecule has 0 unspecified atom stereocenters. The second kappa shape index (κ2) is 6.71. The van der Waals surface area contributed by atoms with Gasteiger partial charge in [-0.1, -0.05) is 0 Å². The van der Waals surface area contributed by atoms with Crippen LogP contribution in [0.5, 0.6) is 17.2 Å². The van der Waals surface area contributed by atoms with Crippen molar-refractivity contribution in [2.45, 2.75) is 6.92 Å². The normalized spacial score (nSPS) is 9.95. The van der Waals surface area contributed by atoms with Gasteiger partial charge in [0.25, 0.3) is 0 Å². The molecular weight excluding hydrogens is 284 g/mol. The van der Waals surface area contributed by atoms with E-state index in [1.807, 2.05) is 0 Å². The summed E-state index contributed by atoms with van der Waals surface area (Å²) in [5.74, 6) is 1.31. The number of methoxy groups -OCH3 is 2. The van der Waals surface area contributed by atoms with Gasteiger partial charge in [0.15, 0.2) is 0 Å². The molecule has 2 amide bonds. The minimum absolute atomic E-state index is 0.154. The molecule has 6 nitrogen and oxygen atoms in total. The molecule has 0 aromatic heterocycles. The van der Waals surface area contributed by atoms with Crippen molar-refractivity contribution in [1.29, 1.82) is 0 Å². The molecule has 3 N–H and O–H groups in total. The van der Waals surface area contributed by atoms with Gasteiger partial charge in [0.2, 0.25) is 0 Å². The summed E-state index contributed by atoms with van der Waals surface area (Å²) in [7, 11) is 3.08. The molecule has 0 aliphatic carbocycles. The number of carbonyl (C=O) groups excluding carboxylic acids is 1. The lowest BCUT2D eigenvalue weighted by atomic mass is 10.2. The number of phenols is 1. The van der Waals surface area contributed by atoms with Crippen LogP contribution in [-0.2, 0) is 0 Å². The molecule has 0 atom stereocenters. The Hall–Kier alpha value is -2.89. The lowest BCUT2D eigenvalue weighted by Crippen LogP contribution is -2.20. The summed E-state index contributed by atoms with van der Waals surface area (Å²) in [6.07, 6.45) is 0. The molecule has 0 spiro atoms. The molecule has 0 fully saturated rings. The Bertz CT molecular complexity index is 664. The summed E-state index contributed by atoms with van der Waals surface area (Å²) < 4.78 is 10.3. The zero-order chi connectivity index (χ0) is 16.1. The van der Waals surface area contributed by atoms with Gasteiger partial charge in [0.1, 0.15) is 17.2 Å². The number of aromatic hydroxyl groups is 1. The summed E-state index contributed by atoms with van der Waals surface area (Å²) in [5, 5.41) is 14.8. The highest BCUT2D eigenvalue weighted by molar-refractivity contribution is 6.00. The molecule has 22 heavy (non-hydrogen) atoms. The topological polar surface area (TPSA) is 79.8 Å². The van der Waals surface area contributed by atoms with E-state index in [4.69, 9.17) is 9.47 Å². The number of urea groups is 1. The summed E-state index contributed by atoms with van der Waals surface area (Å²) in [6, 6.07) is 9.41. The Balaban J connectivity index is 2.11. The van der Waals surface area contributed by atoms with E-state index >= 15 is 0 Å². The summed E-state index contributed by atoms with van der Waals surface area (Å²) in [6.45, 7) is 1.80. The third-order valence-electron chi connectivity index (χ3n) is 3.07. The van der Waals surface area contributed by atoms with E-state index < -0.39 is 6.03 Å². The number of hydrogen-bond donors (Lipinski definition) is 3. The average Bonchev–Trinajstić information content (AvgIpc) is 2.49. The van der Waals surface area contributed by atoms with Crippen LogP contribution in [0.4, 0.5) is 16.2 Å². The average molecular weight is 302 g/mol. The third kappa shape index (κ3) is 3.82. The first-order valence-corrected chi connectivity index (χ1v) is 6.62. The van der Waals surface area contributed by atoms with Gasteiger partial charge in [-0.15, -0.1) is 0 Å². The summed E-state index contributed by atoms with van der Waals surface area (Å²) in [5.41, 5.74) is 1.92. The molecule has 0 bridgehead atoms. The molecule has 0 saturated heterocycles. The van der Waals surface area contributed by atoms with Crippen LogP contribution in [0.1, 0.15) is 5.56 Å². The number of benzene rings is 2. The molecule has 0 heterocycles. The monoisotopic (exact) mass is 302 g/mol. The minimum atomic E-state index is -0.399. The standard InChI is InChI=1S/C16H18N2O4/c1-10-6-12(19)4-5-15(10)18-16(20)17-11-7-13(21-2)9-14(8-11)22-3/h4-9,19H,1-3H3,(H2,17,18,20). The highest BCUT2D eigenvalue weighted by Crippen LogP contribution is 2.26. The minimum Gasteiger partial charge on any atom is -0.508 e. The largest absolute Gasteiger partial charge is 0.508 e. The van der Waals surface area contributed by atoms with Crippen LogP contribution in [-0.4, -0.2) is 25.4 Å². The first-order valence-electron chi connectivity index (χ1n) is 6.62. The maximum absolute atomic E-state index is 12.1. The Morgan fingerprint density at radius 3 is 2.18 bits per heavy atom. The van der Waals surface area contributed by atoms with Crippen LogP contribution in [0.2, 0.25) is 0 Å². The van der Waals surface area contributed by atoms with Gasteiger partial charge in [-0.3, -0.25) is 0 Å². The van der Waals surface area contributed by atoms with E-state index in [1.165, 1.54) is 6.07 Å². The summed E-state index contributed by atoms with van der Waals surface area (Å²) >= 11 is 0. The number of ether oxygens (including phenoxy) is 2. The van der Waals surface area contributed by atoms with Crippen molar-refractivity contribution >= 4 is 17.4 Å². The fourth-order valence-electron chi connectivity index (χ4n) is 1.95. The molecule has 6 heteroatoms. The lowest BCUT2D eigenvalue weighted by Gasteiger charge is -2.12. The zero-order valence-electron chi connectivity index (χ0n) is 12.6. The molecule has 0 saturated carbocycles. The number of phenolic OH excluding ortho intramolecular Hbond substituents is 1. The van der Waals surface area contributed by atoms with Crippen molar-refractivity contribution in [3.63, 3.8) is 0 Å². The molecule has 2 aromatic carbocycles. The quantitative estimate of drug-likeness (QED) is 0.757. The van der Waals surface area contributed by atoms with E-state index in [0.717, 1.165) is 5.56 Å². The van der Waals surface area contributed by atoms with Crippen molar-refractivity contribution in [2.75, 3.05) is 24.9 Å². The van der Waals surface area contributed by atoms with Crippen molar-refractivity contribution in [1.82, 2.24) is 0 Å². The maximum Gasteiger partial charge on any atom is 0.323 e. The number of rotatable bonds is 4. The van der Waals surface area contributed by atoms with Crippen LogP contribution < -0.4 is 20.1 Å². The highest BCUT2D eigenvalue weighted by Gasteiger charge is 2.08. The van der Waals surface area contributed by atoms with E-state index in [1.54, 1.807) is 51.5 Å². The molecule has 0 radical (unpaired) electrons. The fraction of sp³-hybridized carbons (Fsp3) is 0.188. The van der Waals surface area contributed by atoms with Crippen LogP contribution in [0.15, 0.2) is 36.4 Å². The Morgan fingerprint density at radius 1 is 1.00 bits per heavy atom. The van der Waals surface area contributed by atoms with Gasteiger partial charge in [0, 0.05) is 29.6 Å². The van der Waals surface area contributed by atoms with Gasteiger partial charge in [-0.2, -0.15) is 0 Å². The van der Waals surface area contributed by atoms with Gasteiger partial charge in [0.05, 0.1) is 14.2 Å². The van der Waals surface area contributed by atoms with Crippen molar-refractivity contribution < 1.29 is 19.4 Å². The van der Waals surface area contributed by atoms with Gasteiger partial charge >= 0.3 is 6.03 Å². The van der Waals surface area contributed by atoms with E-state index in [9.17, 15) is 9.90 Å². The highest BCUT2D eigenvalue weighted by atomic mass is 16.5. The molecular formula is C16H18N2O4. The van der Waals surface area contributed by atoms with Gasteiger partial charge in [-0.05, 0) is 30.7 Å². The van der Waals surface area contributed by atoms with E-state index in [2.05, 4.69) is 10.6 Å². The number of aryl methyl sites for hydroxylation is 1. The molecule has 2 aromatic rings. The number of anilines is 2. The van der Waals surface area contributed by atoms with Crippen molar-refractivity contribution in [2.24, 2.45) is 0 Å². The van der Waals surface area contributed by atoms with E-state index in [-0.39, 0.29) is 5.75 Å². The zero-order valence-corrected chi connectivity index (χ0v) is 12.6. The smallest absolute Gasteiger partial charge is 0.323 e. The Kier molecular flexibility index (Phi) is 4.73. The van der Waals surface area contributed by atoms with Crippen LogP contribution >= 0.6 is 0 Å². The third-order valence-corrected chi connectivity index (χ3v) is 3.07. The second-order valence-corrected chi connectivity index (χ2v) is 4.68. The van der Waals surface area contributed by atoms with Crippen molar-refractivity contribution in [3.8, 4) is 17.2 Å².